The fraction of sp³-hybridized carbons (Fsp3) is 0.312. The standard InChI is InChI=1S/C16H19ClN4O2/c1-4-20(11-12-5-7-13(8-6-12)19(2)3)16-15(17)9-14(10-18-16)21(22)23/h5-10H,4,11H2,1-3H3. The summed E-state index contributed by atoms with van der Waals surface area (Å²) in [5.41, 5.74) is 2.14. The third kappa shape index (κ3) is 4.10. The third-order valence-corrected chi connectivity index (χ3v) is 3.80. The number of pyridine rings is 1. The first-order chi connectivity index (χ1) is 10.9. The first kappa shape index (κ1) is 17.0. The Kier molecular flexibility index (Phi) is 5.39. The predicted octanol–water partition coefficient (Wildman–Crippen LogP) is 3.74. The first-order valence-corrected chi connectivity index (χ1v) is 7.61. The van der Waals surface area contributed by atoms with Crippen LogP contribution in [0.5, 0.6) is 0 Å². The number of anilines is 2. The lowest BCUT2D eigenvalue weighted by atomic mass is 10.2. The van der Waals surface area contributed by atoms with Crippen LogP contribution in [0.3, 0.4) is 0 Å². The molecule has 0 aliphatic rings. The van der Waals surface area contributed by atoms with Crippen molar-refractivity contribution in [2.24, 2.45) is 0 Å². The highest BCUT2D eigenvalue weighted by Gasteiger charge is 2.15. The fourth-order valence-corrected chi connectivity index (χ4v) is 2.49. The molecule has 0 saturated heterocycles. The molecule has 122 valence electrons. The van der Waals surface area contributed by atoms with Gasteiger partial charge in [0.1, 0.15) is 12.0 Å². The van der Waals surface area contributed by atoms with E-state index in [0.717, 1.165) is 11.3 Å². The van der Waals surface area contributed by atoms with Gasteiger partial charge in [0.15, 0.2) is 0 Å². The van der Waals surface area contributed by atoms with Crippen molar-refractivity contribution in [2.45, 2.75) is 13.5 Å². The molecule has 0 bridgehead atoms. The molecule has 0 atom stereocenters. The van der Waals surface area contributed by atoms with Crippen LogP contribution in [0, 0.1) is 10.1 Å². The van der Waals surface area contributed by atoms with E-state index in [0.29, 0.717) is 18.9 Å². The minimum absolute atomic E-state index is 0.106. The monoisotopic (exact) mass is 334 g/mol. The van der Waals surface area contributed by atoms with Crippen LogP contribution >= 0.6 is 11.6 Å². The van der Waals surface area contributed by atoms with Crippen LogP contribution in [0.1, 0.15) is 12.5 Å². The van der Waals surface area contributed by atoms with E-state index < -0.39 is 4.92 Å². The highest BCUT2D eigenvalue weighted by atomic mass is 35.5. The Balaban J connectivity index is 2.21. The normalized spacial score (nSPS) is 10.4. The molecule has 2 aromatic rings. The molecule has 0 amide bonds. The molecule has 0 unspecified atom stereocenters. The molecule has 0 saturated carbocycles. The zero-order valence-corrected chi connectivity index (χ0v) is 14.1. The van der Waals surface area contributed by atoms with Gasteiger partial charge in [0.25, 0.3) is 5.69 Å². The topological polar surface area (TPSA) is 62.5 Å². The van der Waals surface area contributed by atoms with Crippen molar-refractivity contribution in [2.75, 3.05) is 30.4 Å². The maximum Gasteiger partial charge on any atom is 0.289 e. The Morgan fingerprint density at radius 1 is 1.26 bits per heavy atom. The maximum atomic E-state index is 10.8. The lowest BCUT2D eigenvalue weighted by Gasteiger charge is -2.23. The van der Waals surface area contributed by atoms with Crippen molar-refractivity contribution >= 4 is 28.8 Å². The van der Waals surface area contributed by atoms with E-state index in [1.165, 1.54) is 12.3 Å². The minimum Gasteiger partial charge on any atom is -0.378 e. The molecular weight excluding hydrogens is 316 g/mol. The van der Waals surface area contributed by atoms with Gasteiger partial charge >= 0.3 is 0 Å². The van der Waals surface area contributed by atoms with Crippen molar-refractivity contribution in [1.29, 1.82) is 0 Å². The van der Waals surface area contributed by atoms with Crippen LogP contribution in [0.25, 0.3) is 0 Å². The van der Waals surface area contributed by atoms with Crippen molar-refractivity contribution in [3.63, 3.8) is 0 Å². The number of benzene rings is 1. The second-order valence-electron chi connectivity index (χ2n) is 5.33. The van der Waals surface area contributed by atoms with Crippen LogP contribution in [-0.4, -0.2) is 30.5 Å². The van der Waals surface area contributed by atoms with Gasteiger partial charge in [0, 0.05) is 38.9 Å². The minimum atomic E-state index is -0.501. The van der Waals surface area contributed by atoms with E-state index in [-0.39, 0.29) is 10.7 Å². The Labute approximate surface area is 140 Å². The van der Waals surface area contributed by atoms with Crippen LogP contribution in [-0.2, 0) is 6.54 Å². The van der Waals surface area contributed by atoms with E-state index in [4.69, 9.17) is 11.6 Å². The van der Waals surface area contributed by atoms with Crippen molar-refractivity contribution in [3.8, 4) is 0 Å². The van der Waals surface area contributed by atoms with Crippen LogP contribution in [0.15, 0.2) is 36.5 Å². The van der Waals surface area contributed by atoms with Gasteiger partial charge in [-0.05, 0) is 24.6 Å². The van der Waals surface area contributed by atoms with Gasteiger partial charge in [-0.2, -0.15) is 0 Å². The quantitative estimate of drug-likeness (QED) is 0.595. The third-order valence-electron chi connectivity index (χ3n) is 3.53. The summed E-state index contributed by atoms with van der Waals surface area (Å²) in [6.45, 7) is 3.32. The van der Waals surface area contributed by atoms with Gasteiger partial charge in [0.05, 0.1) is 9.95 Å². The van der Waals surface area contributed by atoms with Gasteiger partial charge in [-0.15, -0.1) is 0 Å². The lowest BCUT2D eigenvalue weighted by Crippen LogP contribution is -2.23. The number of nitrogens with zero attached hydrogens (tertiary/aromatic N) is 4. The molecule has 1 aromatic carbocycles. The molecule has 2 rings (SSSR count). The molecule has 0 aliphatic heterocycles. The molecule has 0 spiro atoms. The van der Waals surface area contributed by atoms with E-state index in [2.05, 4.69) is 17.1 Å². The average molecular weight is 335 g/mol. The number of halogens is 1. The Morgan fingerprint density at radius 2 is 1.91 bits per heavy atom. The highest BCUT2D eigenvalue weighted by Crippen LogP contribution is 2.28. The zero-order valence-electron chi connectivity index (χ0n) is 13.4. The van der Waals surface area contributed by atoms with E-state index in [1.54, 1.807) is 0 Å². The van der Waals surface area contributed by atoms with Gasteiger partial charge in [0.2, 0.25) is 0 Å². The summed E-state index contributed by atoms with van der Waals surface area (Å²) in [5.74, 6) is 0.552. The van der Waals surface area contributed by atoms with Gasteiger partial charge in [-0.1, -0.05) is 23.7 Å². The number of nitro groups is 1. The summed E-state index contributed by atoms with van der Waals surface area (Å²) in [7, 11) is 3.99. The molecule has 0 radical (unpaired) electrons. The largest absolute Gasteiger partial charge is 0.378 e. The second-order valence-corrected chi connectivity index (χ2v) is 5.74. The van der Waals surface area contributed by atoms with Crippen molar-refractivity contribution in [1.82, 2.24) is 4.98 Å². The summed E-state index contributed by atoms with van der Waals surface area (Å²) in [6.07, 6.45) is 1.24. The SMILES string of the molecule is CCN(Cc1ccc(N(C)C)cc1)c1ncc([N+](=O)[O-])cc1Cl. The maximum absolute atomic E-state index is 10.8. The van der Waals surface area contributed by atoms with Crippen LogP contribution in [0.4, 0.5) is 17.2 Å². The predicted molar refractivity (Wildman–Crippen MR) is 93.4 cm³/mol. The van der Waals surface area contributed by atoms with Gasteiger partial charge < -0.3 is 9.80 Å². The van der Waals surface area contributed by atoms with E-state index in [1.807, 2.05) is 43.0 Å². The molecule has 0 aliphatic carbocycles. The Bertz CT molecular complexity index is 689. The second kappa shape index (κ2) is 7.28. The summed E-state index contributed by atoms with van der Waals surface area (Å²) in [6, 6.07) is 9.54. The molecule has 1 heterocycles. The lowest BCUT2D eigenvalue weighted by molar-refractivity contribution is -0.385. The number of aromatic nitrogens is 1. The Hall–Kier alpha value is -2.34. The number of hydrogen-bond donors (Lipinski definition) is 0. The first-order valence-electron chi connectivity index (χ1n) is 7.23. The summed E-state index contributed by atoms with van der Waals surface area (Å²) in [5, 5.41) is 11.1. The summed E-state index contributed by atoms with van der Waals surface area (Å²) in [4.78, 5) is 18.4. The molecule has 7 heteroatoms. The van der Waals surface area contributed by atoms with Crippen molar-refractivity contribution < 1.29 is 4.92 Å². The van der Waals surface area contributed by atoms with Crippen LogP contribution in [0.2, 0.25) is 5.02 Å². The Morgan fingerprint density at radius 3 is 2.39 bits per heavy atom. The number of hydrogen-bond acceptors (Lipinski definition) is 5. The van der Waals surface area contributed by atoms with E-state index >= 15 is 0 Å². The highest BCUT2D eigenvalue weighted by molar-refractivity contribution is 6.33. The van der Waals surface area contributed by atoms with Gasteiger partial charge in [-0.25, -0.2) is 4.98 Å². The smallest absolute Gasteiger partial charge is 0.289 e. The average Bonchev–Trinajstić information content (AvgIpc) is 2.53. The summed E-state index contributed by atoms with van der Waals surface area (Å²) >= 11 is 6.16. The van der Waals surface area contributed by atoms with Crippen molar-refractivity contribution in [3.05, 3.63) is 57.2 Å². The van der Waals surface area contributed by atoms with E-state index in [9.17, 15) is 10.1 Å². The molecule has 0 N–H and O–H groups in total. The molecule has 1 aromatic heterocycles. The molecule has 6 nitrogen and oxygen atoms in total. The fourth-order valence-electron chi connectivity index (χ4n) is 2.21. The van der Waals surface area contributed by atoms with Crippen LogP contribution < -0.4 is 9.80 Å². The molecular formula is C16H19ClN4O2. The number of rotatable bonds is 6. The summed E-state index contributed by atoms with van der Waals surface area (Å²) < 4.78 is 0. The zero-order chi connectivity index (χ0) is 17.0. The molecule has 23 heavy (non-hydrogen) atoms. The van der Waals surface area contributed by atoms with Gasteiger partial charge in [-0.3, -0.25) is 10.1 Å². The molecule has 0 fully saturated rings.